The van der Waals surface area contributed by atoms with E-state index in [2.05, 4.69) is 26.9 Å². The quantitative estimate of drug-likeness (QED) is 0.797. The van der Waals surface area contributed by atoms with Crippen LogP contribution in [-0.2, 0) is 0 Å². The van der Waals surface area contributed by atoms with Gasteiger partial charge in [0.05, 0.1) is 11.4 Å². The monoisotopic (exact) mass is 234 g/mol. The second kappa shape index (κ2) is 4.40. The minimum Gasteiger partial charge on any atom is -0.384 e. The van der Waals surface area contributed by atoms with Crippen molar-refractivity contribution in [1.29, 1.82) is 0 Å². The lowest BCUT2D eigenvalue weighted by molar-refractivity contribution is 0.880. The van der Waals surface area contributed by atoms with Crippen molar-refractivity contribution in [3.8, 4) is 0 Å². The summed E-state index contributed by atoms with van der Waals surface area (Å²) >= 11 is 5.72. The molecule has 0 amide bonds. The van der Waals surface area contributed by atoms with Crippen LogP contribution in [0.1, 0.15) is 17.3 Å². The number of rotatable bonds is 2. The summed E-state index contributed by atoms with van der Waals surface area (Å²) < 4.78 is 0. The molecule has 6 heteroatoms. The third-order valence-electron chi connectivity index (χ3n) is 2.06. The van der Waals surface area contributed by atoms with Gasteiger partial charge in [-0.25, -0.2) is 19.9 Å². The van der Waals surface area contributed by atoms with Gasteiger partial charge in [-0.05, 0) is 24.6 Å². The van der Waals surface area contributed by atoms with E-state index in [1.54, 1.807) is 18.3 Å². The van der Waals surface area contributed by atoms with E-state index in [-0.39, 0.29) is 11.2 Å². The molecule has 1 radical (unpaired) electrons. The first-order chi connectivity index (χ1) is 7.66. The standard InChI is InChI=1S/C10H9ClN5/c1-6(7-2-3-13-5-14-7)8-4-9(12)16-10(11)15-8/h2-6H,1H2,(H2,12,15,16). The lowest BCUT2D eigenvalue weighted by atomic mass is 10.0. The number of halogens is 1. The van der Waals surface area contributed by atoms with Gasteiger partial charge in [0.2, 0.25) is 5.28 Å². The van der Waals surface area contributed by atoms with E-state index < -0.39 is 0 Å². The number of anilines is 1. The smallest absolute Gasteiger partial charge is 0.224 e. The Labute approximate surface area is 97.7 Å². The average molecular weight is 235 g/mol. The molecule has 5 nitrogen and oxygen atoms in total. The highest BCUT2D eigenvalue weighted by Gasteiger charge is 2.13. The SMILES string of the molecule is [CH2]C(c1ccncn1)c1cc(N)nc(Cl)n1. The highest BCUT2D eigenvalue weighted by molar-refractivity contribution is 6.28. The summed E-state index contributed by atoms with van der Waals surface area (Å²) in [5.74, 6) is 0.0727. The predicted molar refractivity (Wildman–Crippen MR) is 60.7 cm³/mol. The topological polar surface area (TPSA) is 77.6 Å². The van der Waals surface area contributed by atoms with Crippen LogP contribution >= 0.6 is 11.6 Å². The molecule has 2 aromatic rings. The van der Waals surface area contributed by atoms with E-state index in [0.29, 0.717) is 11.5 Å². The number of nitrogens with zero attached hydrogens (tertiary/aromatic N) is 4. The van der Waals surface area contributed by atoms with Crippen molar-refractivity contribution in [1.82, 2.24) is 19.9 Å². The van der Waals surface area contributed by atoms with Crippen molar-refractivity contribution in [3.05, 3.63) is 48.3 Å². The van der Waals surface area contributed by atoms with Gasteiger partial charge < -0.3 is 5.73 Å². The molecule has 0 aromatic carbocycles. The van der Waals surface area contributed by atoms with Crippen LogP contribution in [-0.4, -0.2) is 19.9 Å². The third kappa shape index (κ3) is 2.25. The van der Waals surface area contributed by atoms with Crippen molar-refractivity contribution in [2.75, 3.05) is 5.73 Å². The molecule has 2 N–H and O–H groups in total. The van der Waals surface area contributed by atoms with Gasteiger partial charge in [0.25, 0.3) is 0 Å². The van der Waals surface area contributed by atoms with Crippen molar-refractivity contribution in [3.63, 3.8) is 0 Å². The van der Waals surface area contributed by atoms with Crippen LogP contribution in [0.25, 0.3) is 0 Å². The molecule has 0 saturated heterocycles. The second-order valence-electron chi connectivity index (χ2n) is 3.17. The summed E-state index contributed by atoms with van der Waals surface area (Å²) in [6, 6.07) is 3.40. The molecule has 0 aliphatic heterocycles. The zero-order chi connectivity index (χ0) is 11.5. The first kappa shape index (κ1) is 10.8. The Morgan fingerprint density at radius 2 is 2.12 bits per heavy atom. The van der Waals surface area contributed by atoms with Gasteiger partial charge in [-0.15, -0.1) is 0 Å². The first-order valence-electron chi connectivity index (χ1n) is 4.56. The Bertz CT molecular complexity index is 468. The molecular formula is C10H9ClN5. The van der Waals surface area contributed by atoms with E-state index in [1.807, 2.05) is 0 Å². The van der Waals surface area contributed by atoms with Crippen LogP contribution in [0.3, 0.4) is 0 Å². The molecule has 0 bridgehead atoms. The zero-order valence-electron chi connectivity index (χ0n) is 8.34. The molecule has 0 aliphatic rings. The molecule has 0 aliphatic carbocycles. The number of nitrogens with two attached hydrogens (primary N) is 1. The number of hydrogen-bond acceptors (Lipinski definition) is 5. The van der Waals surface area contributed by atoms with Gasteiger partial charge in [-0.2, -0.15) is 0 Å². The van der Waals surface area contributed by atoms with Crippen LogP contribution in [0.15, 0.2) is 24.7 Å². The number of nitrogen functional groups attached to an aromatic ring is 1. The highest BCUT2D eigenvalue weighted by Crippen LogP contribution is 2.21. The Morgan fingerprint density at radius 1 is 1.31 bits per heavy atom. The Kier molecular flexibility index (Phi) is 2.96. The van der Waals surface area contributed by atoms with Crippen LogP contribution in [0, 0.1) is 6.92 Å². The fraction of sp³-hybridized carbons (Fsp3) is 0.100. The van der Waals surface area contributed by atoms with Crippen molar-refractivity contribution in [2.45, 2.75) is 5.92 Å². The molecule has 1 unspecified atom stereocenters. The summed E-state index contributed by atoms with van der Waals surface area (Å²) in [5, 5.41) is 0.109. The Morgan fingerprint density at radius 3 is 2.75 bits per heavy atom. The molecule has 0 fully saturated rings. The first-order valence-corrected chi connectivity index (χ1v) is 4.93. The molecule has 2 heterocycles. The summed E-state index contributed by atoms with van der Waals surface area (Å²) in [6.45, 7) is 3.97. The number of aromatic nitrogens is 4. The van der Waals surface area contributed by atoms with Crippen LogP contribution in [0.4, 0.5) is 5.82 Å². The molecule has 0 spiro atoms. The fourth-order valence-corrected chi connectivity index (χ4v) is 1.49. The minimum atomic E-state index is -0.245. The van der Waals surface area contributed by atoms with Crippen molar-refractivity contribution < 1.29 is 0 Å². The van der Waals surface area contributed by atoms with E-state index in [0.717, 1.165) is 5.69 Å². The van der Waals surface area contributed by atoms with Crippen molar-refractivity contribution >= 4 is 17.4 Å². The van der Waals surface area contributed by atoms with Gasteiger partial charge in [-0.1, -0.05) is 0 Å². The third-order valence-corrected chi connectivity index (χ3v) is 2.23. The molecule has 1 atom stereocenters. The highest BCUT2D eigenvalue weighted by atomic mass is 35.5. The molecule has 2 aromatic heterocycles. The van der Waals surface area contributed by atoms with Gasteiger partial charge in [0.15, 0.2) is 0 Å². The van der Waals surface area contributed by atoms with Crippen LogP contribution in [0.5, 0.6) is 0 Å². The minimum absolute atomic E-state index is 0.109. The summed E-state index contributed by atoms with van der Waals surface area (Å²) in [4.78, 5) is 15.8. The van der Waals surface area contributed by atoms with Crippen LogP contribution in [0.2, 0.25) is 5.28 Å². The predicted octanol–water partition coefficient (Wildman–Crippen LogP) is 1.47. The van der Waals surface area contributed by atoms with E-state index in [9.17, 15) is 0 Å². The summed E-state index contributed by atoms with van der Waals surface area (Å²) in [7, 11) is 0. The maximum atomic E-state index is 5.72. The van der Waals surface area contributed by atoms with Crippen molar-refractivity contribution in [2.24, 2.45) is 0 Å². The molecular weight excluding hydrogens is 226 g/mol. The molecule has 16 heavy (non-hydrogen) atoms. The zero-order valence-corrected chi connectivity index (χ0v) is 9.09. The maximum absolute atomic E-state index is 5.72. The lowest BCUT2D eigenvalue weighted by Crippen LogP contribution is -2.05. The van der Waals surface area contributed by atoms with Crippen LogP contribution < -0.4 is 5.73 Å². The van der Waals surface area contributed by atoms with E-state index in [1.165, 1.54) is 6.33 Å². The fourth-order valence-electron chi connectivity index (χ4n) is 1.29. The van der Waals surface area contributed by atoms with Gasteiger partial charge in [0.1, 0.15) is 12.1 Å². The van der Waals surface area contributed by atoms with Gasteiger partial charge >= 0.3 is 0 Å². The largest absolute Gasteiger partial charge is 0.384 e. The molecule has 81 valence electrons. The Hall–Kier alpha value is -1.75. The van der Waals surface area contributed by atoms with E-state index >= 15 is 0 Å². The lowest BCUT2D eigenvalue weighted by Gasteiger charge is -2.10. The maximum Gasteiger partial charge on any atom is 0.224 e. The van der Waals surface area contributed by atoms with E-state index in [4.69, 9.17) is 17.3 Å². The number of hydrogen-bond donors (Lipinski definition) is 1. The summed E-state index contributed by atoms with van der Waals surface area (Å²) in [6.07, 6.45) is 3.10. The second-order valence-corrected chi connectivity index (χ2v) is 3.51. The van der Waals surface area contributed by atoms with Gasteiger partial charge in [0, 0.05) is 18.2 Å². The molecule has 0 saturated carbocycles. The average Bonchev–Trinajstić information content (AvgIpc) is 2.28. The summed E-state index contributed by atoms with van der Waals surface area (Å²) in [5.41, 5.74) is 6.97. The molecule has 2 rings (SSSR count). The van der Waals surface area contributed by atoms with Gasteiger partial charge in [-0.3, -0.25) is 0 Å². The Balaban J connectivity index is 2.37. The normalized spacial score (nSPS) is 12.4.